The molecule has 1 aromatic heterocycles. The highest BCUT2D eigenvalue weighted by Gasteiger charge is 2.34. The molecule has 1 atom stereocenters. The lowest BCUT2D eigenvalue weighted by Crippen LogP contribution is -2.39. The molecule has 0 spiro atoms. The van der Waals surface area contributed by atoms with Crippen LogP contribution in [0.5, 0.6) is 0 Å². The molecule has 7 heteroatoms. The summed E-state index contributed by atoms with van der Waals surface area (Å²) in [4.78, 5) is 3.12. The van der Waals surface area contributed by atoms with Crippen molar-refractivity contribution in [1.82, 2.24) is 9.21 Å². The summed E-state index contributed by atoms with van der Waals surface area (Å²) in [6, 6.07) is 3.68. The smallest absolute Gasteiger partial charge is 0.252 e. The van der Waals surface area contributed by atoms with Crippen molar-refractivity contribution < 1.29 is 13.5 Å². The lowest BCUT2D eigenvalue weighted by Gasteiger charge is -2.24. The summed E-state index contributed by atoms with van der Waals surface area (Å²) in [5, 5.41) is 9.09. The van der Waals surface area contributed by atoms with Crippen LogP contribution in [0.15, 0.2) is 16.3 Å². The molecule has 1 unspecified atom stereocenters. The van der Waals surface area contributed by atoms with Crippen LogP contribution in [0, 0.1) is 0 Å². The van der Waals surface area contributed by atoms with Gasteiger partial charge < -0.3 is 5.11 Å². The fourth-order valence-corrected chi connectivity index (χ4v) is 5.99. The Hall–Kier alpha value is -0.470. The molecule has 3 rings (SSSR count). The van der Waals surface area contributed by atoms with Gasteiger partial charge in [-0.25, -0.2) is 8.42 Å². The Morgan fingerprint density at radius 2 is 2.05 bits per heavy atom. The maximum Gasteiger partial charge on any atom is 0.252 e. The number of aliphatic hydroxyl groups is 1. The molecule has 0 saturated carbocycles. The van der Waals surface area contributed by atoms with E-state index in [2.05, 4.69) is 4.90 Å². The molecule has 0 bridgehead atoms. The Morgan fingerprint density at radius 3 is 2.80 bits per heavy atom. The van der Waals surface area contributed by atoms with Crippen molar-refractivity contribution in [3.8, 4) is 0 Å². The van der Waals surface area contributed by atoms with E-state index in [1.807, 2.05) is 0 Å². The lowest BCUT2D eigenvalue weighted by molar-refractivity contribution is 0.257. The third-order valence-electron chi connectivity index (χ3n) is 4.15. The quantitative estimate of drug-likeness (QED) is 0.907. The SMILES string of the molecule is O=S(=O)(c1ccc(CO)s1)N1CCCN2CCCC2C1. The fourth-order valence-electron chi connectivity index (χ4n) is 3.10. The topological polar surface area (TPSA) is 60.9 Å². The number of hydrogen-bond acceptors (Lipinski definition) is 5. The van der Waals surface area contributed by atoms with Crippen LogP contribution in [0.25, 0.3) is 0 Å². The van der Waals surface area contributed by atoms with E-state index < -0.39 is 10.0 Å². The van der Waals surface area contributed by atoms with E-state index in [1.165, 1.54) is 17.8 Å². The minimum atomic E-state index is -3.40. The summed E-state index contributed by atoms with van der Waals surface area (Å²) in [5.74, 6) is 0. The molecule has 5 nitrogen and oxygen atoms in total. The molecule has 0 aliphatic carbocycles. The first-order valence-electron chi connectivity index (χ1n) is 7.05. The van der Waals surface area contributed by atoms with Crippen LogP contribution in [0.3, 0.4) is 0 Å². The largest absolute Gasteiger partial charge is 0.391 e. The van der Waals surface area contributed by atoms with Gasteiger partial charge in [-0.2, -0.15) is 4.31 Å². The second-order valence-corrected chi connectivity index (χ2v) is 8.76. The predicted molar refractivity (Wildman–Crippen MR) is 78.2 cm³/mol. The van der Waals surface area contributed by atoms with E-state index in [1.54, 1.807) is 16.4 Å². The molecule has 0 aromatic carbocycles. The van der Waals surface area contributed by atoms with Crippen molar-refractivity contribution in [2.75, 3.05) is 26.2 Å². The number of nitrogens with zero attached hydrogens (tertiary/aromatic N) is 2. The fraction of sp³-hybridized carbons (Fsp3) is 0.692. The average molecular weight is 316 g/mol. The Kier molecular flexibility index (Phi) is 4.14. The van der Waals surface area contributed by atoms with Gasteiger partial charge in [0.15, 0.2) is 0 Å². The lowest BCUT2D eigenvalue weighted by atomic mass is 10.2. The number of aliphatic hydroxyl groups excluding tert-OH is 1. The Labute approximate surface area is 123 Å². The molecule has 112 valence electrons. The third-order valence-corrected chi connectivity index (χ3v) is 7.56. The van der Waals surface area contributed by atoms with E-state index in [9.17, 15) is 8.42 Å². The van der Waals surface area contributed by atoms with E-state index in [0.717, 1.165) is 25.9 Å². The maximum absolute atomic E-state index is 12.7. The number of hydrogen-bond donors (Lipinski definition) is 1. The summed E-state index contributed by atoms with van der Waals surface area (Å²) in [5.41, 5.74) is 0. The minimum absolute atomic E-state index is 0.101. The first kappa shape index (κ1) is 14.5. The molecule has 0 amide bonds. The van der Waals surface area contributed by atoms with Gasteiger partial charge in [0, 0.05) is 24.0 Å². The summed E-state index contributed by atoms with van der Waals surface area (Å²) in [6.07, 6.45) is 3.17. The van der Waals surface area contributed by atoms with Crippen LogP contribution in [-0.2, 0) is 16.6 Å². The van der Waals surface area contributed by atoms with Crippen LogP contribution in [0.4, 0.5) is 0 Å². The van der Waals surface area contributed by atoms with Crippen molar-refractivity contribution in [2.24, 2.45) is 0 Å². The van der Waals surface area contributed by atoms with Gasteiger partial charge in [0.05, 0.1) is 6.61 Å². The van der Waals surface area contributed by atoms with Crippen LogP contribution >= 0.6 is 11.3 Å². The number of rotatable bonds is 3. The summed E-state index contributed by atoms with van der Waals surface area (Å²) < 4.78 is 27.4. The molecule has 20 heavy (non-hydrogen) atoms. The highest BCUT2D eigenvalue weighted by atomic mass is 32.2. The normalized spacial score (nSPS) is 25.6. The number of fused-ring (bicyclic) bond motifs is 1. The van der Waals surface area contributed by atoms with E-state index in [4.69, 9.17) is 5.11 Å². The van der Waals surface area contributed by atoms with Crippen molar-refractivity contribution in [3.05, 3.63) is 17.0 Å². The van der Waals surface area contributed by atoms with Crippen molar-refractivity contribution in [1.29, 1.82) is 0 Å². The molecule has 2 aliphatic rings. The van der Waals surface area contributed by atoms with E-state index >= 15 is 0 Å². The monoisotopic (exact) mass is 316 g/mol. The molecule has 3 heterocycles. The van der Waals surface area contributed by atoms with Gasteiger partial charge in [-0.3, -0.25) is 4.90 Å². The first-order valence-corrected chi connectivity index (χ1v) is 9.30. The molecular formula is C13H20N2O3S2. The van der Waals surface area contributed by atoms with Crippen molar-refractivity contribution in [2.45, 2.75) is 36.1 Å². The molecule has 0 radical (unpaired) electrons. The highest BCUT2D eigenvalue weighted by molar-refractivity contribution is 7.91. The second-order valence-electron chi connectivity index (χ2n) is 5.43. The van der Waals surface area contributed by atoms with Crippen molar-refractivity contribution >= 4 is 21.4 Å². The Morgan fingerprint density at radius 1 is 1.25 bits per heavy atom. The van der Waals surface area contributed by atoms with Crippen molar-refractivity contribution in [3.63, 3.8) is 0 Å². The molecular weight excluding hydrogens is 296 g/mol. The van der Waals surface area contributed by atoms with Crippen LogP contribution < -0.4 is 0 Å². The number of thiophene rings is 1. The van der Waals surface area contributed by atoms with E-state index in [-0.39, 0.29) is 6.61 Å². The maximum atomic E-state index is 12.7. The van der Waals surface area contributed by atoms with Crippen LogP contribution in [0.1, 0.15) is 24.1 Å². The van der Waals surface area contributed by atoms with Gasteiger partial charge in [-0.15, -0.1) is 11.3 Å². The zero-order valence-corrected chi connectivity index (χ0v) is 13.0. The first-order chi connectivity index (χ1) is 9.61. The van der Waals surface area contributed by atoms with E-state index in [0.29, 0.717) is 28.2 Å². The summed E-state index contributed by atoms with van der Waals surface area (Å²) >= 11 is 1.17. The molecule has 2 fully saturated rings. The van der Waals surface area contributed by atoms with Crippen LogP contribution in [0.2, 0.25) is 0 Å². The van der Waals surface area contributed by atoms with Gasteiger partial charge in [-0.05, 0) is 44.5 Å². The molecule has 2 saturated heterocycles. The zero-order valence-electron chi connectivity index (χ0n) is 11.4. The van der Waals surface area contributed by atoms with Gasteiger partial charge in [0.1, 0.15) is 4.21 Å². The van der Waals surface area contributed by atoms with Gasteiger partial charge >= 0.3 is 0 Å². The van der Waals surface area contributed by atoms with Gasteiger partial charge in [0.2, 0.25) is 0 Å². The molecule has 1 N–H and O–H groups in total. The minimum Gasteiger partial charge on any atom is -0.391 e. The van der Waals surface area contributed by atoms with Gasteiger partial charge in [-0.1, -0.05) is 0 Å². The van der Waals surface area contributed by atoms with Crippen LogP contribution in [-0.4, -0.2) is 55.0 Å². The van der Waals surface area contributed by atoms with Gasteiger partial charge in [0.25, 0.3) is 10.0 Å². The summed E-state index contributed by atoms with van der Waals surface area (Å²) in [6.45, 7) is 3.21. The molecule has 1 aromatic rings. The summed E-state index contributed by atoms with van der Waals surface area (Å²) in [7, 11) is -3.40. The Bertz CT molecular complexity index is 570. The predicted octanol–water partition coefficient (Wildman–Crippen LogP) is 1.10. The Balaban J connectivity index is 1.82. The average Bonchev–Trinajstić information content (AvgIpc) is 3.04. The highest BCUT2D eigenvalue weighted by Crippen LogP contribution is 2.28. The molecule has 2 aliphatic heterocycles. The second kappa shape index (κ2) is 5.73. The standard InChI is InChI=1S/C13H20N2O3S2/c16-10-12-4-5-13(19-12)20(17,18)15-8-2-7-14-6-1-3-11(14)9-15/h4-5,11,16H,1-3,6-10H2. The number of sulfonamides is 1. The zero-order chi connectivity index (χ0) is 14.2. The third kappa shape index (κ3) is 2.65.